The van der Waals surface area contributed by atoms with Crippen LogP contribution in [0.4, 0.5) is 5.88 Å². The van der Waals surface area contributed by atoms with Crippen LogP contribution in [0.25, 0.3) is 0 Å². The molecule has 142 valence electrons. The number of anilines is 1. The van der Waals surface area contributed by atoms with E-state index in [-0.39, 0.29) is 17.9 Å². The summed E-state index contributed by atoms with van der Waals surface area (Å²) in [5.74, 6) is 1.52. The predicted molar refractivity (Wildman–Crippen MR) is 99.7 cm³/mol. The maximum Gasteiger partial charge on any atom is 0.240 e. The molecule has 0 bridgehead atoms. The Balaban J connectivity index is 1.96. The van der Waals surface area contributed by atoms with Crippen molar-refractivity contribution in [2.45, 2.75) is 32.7 Å². The molecule has 2 aromatic rings. The highest BCUT2D eigenvalue weighted by molar-refractivity contribution is 5.90. The molecule has 1 heterocycles. The number of aromatic nitrogens is 1. The lowest BCUT2D eigenvalue weighted by molar-refractivity contribution is -0.117. The molecule has 0 radical (unpaired) electrons. The SMILES string of the molecule is COc1cccc(CN(C)CC(=O)Nc2cc(C(C)(C)C)no2)c1OC. The van der Waals surface area contributed by atoms with Crippen LogP contribution >= 0.6 is 0 Å². The fraction of sp³-hybridized carbons (Fsp3) is 0.474. The highest BCUT2D eigenvalue weighted by atomic mass is 16.5. The lowest BCUT2D eigenvalue weighted by atomic mass is 9.92. The summed E-state index contributed by atoms with van der Waals surface area (Å²) in [5.41, 5.74) is 1.60. The van der Waals surface area contributed by atoms with Gasteiger partial charge < -0.3 is 14.0 Å². The smallest absolute Gasteiger partial charge is 0.240 e. The zero-order chi connectivity index (χ0) is 19.3. The molecule has 7 nitrogen and oxygen atoms in total. The van der Waals surface area contributed by atoms with Crippen molar-refractivity contribution in [3.63, 3.8) is 0 Å². The van der Waals surface area contributed by atoms with E-state index in [1.807, 2.05) is 50.9 Å². The molecule has 0 aliphatic rings. The minimum absolute atomic E-state index is 0.133. The number of likely N-dealkylation sites (N-methyl/N-ethyl adjacent to an activating group) is 1. The van der Waals surface area contributed by atoms with E-state index in [1.54, 1.807) is 20.3 Å². The van der Waals surface area contributed by atoms with Gasteiger partial charge in [0.05, 0.1) is 26.5 Å². The second-order valence-corrected chi connectivity index (χ2v) is 7.20. The number of methoxy groups -OCH3 is 2. The number of hydrogen-bond donors (Lipinski definition) is 1. The first kappa shape index (κ1) is 19.8. The van der Waals surface area contributed by atoms with Gasteiger partial charge in [-0.3, -0.25) is 15.0 Å². The van der Waals surface area contributed by atoms with Gasteiger partial charge in [0.2, 0.25) is 11.8 Å². The molecule has 0 saturated carbocycles. The Bertz CT molecular complexity index is 749. The number of benzene rings is 1. The first-order chi connectivity index (χ1) is 12.2. The van der Waals surface area contributed by atoms with Crippen LogP contribution in [0.2, 0.25) is 0 Å². The van der Waals surface area contributed by atoms with E-state index in [0.717, 1.165) is 11.3 Å². The van der Waals surface area contributed by atoms with Crippen molar-refractivity contribution in [1.29, 1.82) is 0 Å². The molecular weight excluding hydrogens is 334 g/mol. The van der Waals surface area contributed by atoms with Crippen molar-refractivity contribution in [2.24, 2.45) is 0 Å². The van der Waals surface area contributed by atoms with Gasteiger partial charge in [0.25, 0.3) is 0 Å². The first-order valence-corrected chi connectivity index (χ1v) is 8.40. The minimum atomic E-state index is -0.175. The van der Waals surface area contributed by atoms with Gasteiger partial charge in [-0.05, 0) is 13.1 Å². The molecule has 0 spiro atoms. The largest absolute Gasteiger partial charge is 0.493 e. The van der Waals surface area contributed by atoms with Gasteiger partial charge >= 0.3 is 0 Å². The fourth-order valence-electron chi connectivity index (χ4n) is 2.53. The number of carbonyl (C=O) groups is 1. The predicted octanol–water partition coefficient (Wildman–Crippen LogP) is 3.06. The number of rotatable bonds is 7. The Morgan fingerprint density at radius 2 is 2.00 bits per heavy atom. The molecule has 0 aliphatic carbocycles. The normalized spacial score (nSPS) is 11.5. The van der Waals surface area contributed by atoms with E-state index < -0.39 is 0 Å². The standard InChI is InChI=1S/C19H27N3O4/c1-19(2,3)15-10-17(26-21-15)20-16(23)12-22(4)11-13-8-7-9-14(24-5)18(13)25-6/h7-10H,11-12H2,1-6H3,(H,20,23). The first-order valence-electron chi connectivity index (χ1n) is 8.40. The third kappa shape index (κ3) is 4.98. The molecule has 0 atom stereocenters. The molecule has 0 fully saturated rings. The maximum atomic E-state index is 12.3. The van der Waals surface area contributed by atoms with Crippen LogP contribution in [0, 0.1) is 0 Å². The van der Waals surface area contributed by atoms with Crippen LogP contribution in [-0.4, -0.2) is 43.8 Å². The number of nitrogens with zero attached hydrogens (tertiary/aromatic N) is 2. The Hall–Kier alpha value is -2.54. The monoisotopic (exact) mass is 361 g/mol. The number of para-hydroxylation sites is 1. The van der Waals surface area contributed by atoms with Gasteiger partial charge in [0, 0.05) is 23.6 Å². The number of ether oxygens (including phenoxy) is 2. The van der Waals surface area contributed by atoms with Crippen LogP contribution in [0.1, 0.15) is 32.0 Å². The van der Waals surface area contributed by atoms with Gasteiger partial charge in [0.15, 0.2) is 11.5 Å². The summed E-state index contributed by atoms with van der Waals surface area (Å²) < 4.78 is 15.9. The number of carbonyl (C=O) groups excluding carboxylic acids is 1. The second-order valence-electron chi connectivity index (χ2n) is 7.20. The number of nitrogens with one attached hydrogen (secondary N) is 1. The highest BCUT2D eigenvalue weighted by Gasteiger charge is 2.20. The van der Waals surface area contributed by atoms with E-state index >= 15 is 0 Å². The summed E-state index contributed by atoms with van der Waals surface area (Å²) in [6, 6.07) is 7.43. The highest BCUT2D eigenvalue weighted by Crippen LogP contribution is 2.31. The van der Waals surface area contributed by atoms with Gasteiger partial charge in [0.1, 0.15) is 0 Å². The van der Waals surface area contributed by atoms with E-state index in [9.17, 15) is 4.79 Å². The molecule has 1 amide bonds. The summed E-state index contributed by atoms with van der Waals surface area (Å²) in [5, 5.41) is 6.73. The Morgan fingerprint density at radius 1 is 1.27 bits per heavy atom. The van der Waals surface area contributed by atoms with E-state index in [1.165, 1.54) is 0 Å². The average Bonchev–Trinajstić information content (AvgIpc) is 3.02. The summed E-state index contributed by atoms with van der Waals surface area (Å²) in [7, 11) is 5.06. The van der Waals surface area contributed by atoms with Crippen LogP contribution < -0.4 is 14.8 Å². The van der Waals surface area contributed by atoms with E-state index in [4.69, 9.17) is 14.0 Å². The quantitative estimate of drug-likeness (QED) is 0.817. The summed E-state index contributed by atoms with van der Waals surface area (Å²) >= 11 is 0. The van der Waals surface area contributed by atoms with Crippen molar-refractivity contribution in [3.8, 4) is 11.5 Å². The summed E-state index contributed by atoms with van der Waals surface area (Å²) in [4.78, 5) is 14.1. The maximum absolute atomic E-state index is 12.3. The summed E-state index contributed by atoms with van der Waals surface area (Å²) in [6.07, 6.45) is 0. The van der Waals surface area contributed by atoms with Gasteiger partial charge in [-0.1, -0.05) is 38.1 Å². The zero-order valence-electron chi connectivity index (χ0n) is 16.3. The van der Waals surface area contributed by atoms with Crippen molar-refractivity contribution < 1.29 is 18.8 Å². The molecule has 1 aromatic carbocycles. The Morgan fingerprint density at radius 3 is 2.58 bits per heavy atom. The van der Waals surface area contributed by atoms with E-state index in [0.29, 0.717) is 23.9 Å². The molecule has 26 heavy (non-hydrogen) atoms. The topological polar surface area (TPSA) is 76.8 Å². The van der Waals surface area contributed by atoms with Gasteiger partial charge in [-0.25, -0.2) is 0 Å². The van der Waals surface area contributed by atoms with Gasteiger partial charge in [-0.2, -0.15) is 0 Å². The number of amides is 1. The van der Waals surface area contributed by atoms with Gasteiger partial charge in [-0.15, -0.1) is 0 Å². The van der Waals surface area contributed by atoms with Crippen molar-refractivity contribution >= 4 is 11.8 Å². The van der Waals surface area contributed by atoms with Crippen LogP contribution in [0.5, 0.6) is 11.5 Å². The number of hydrogen-bond acceptors (Lipinski definition) is 6. The lowest BCUT2D eigenvalue weighted by Gasteiger charge is -2.18. The molecule has 0 aliphatic heterocycles. The Labute approximate surface area is 154 Å². The average molecular weight is 361 g/mol. The molecule has 1 N–H and O–H groups in total. The third-order valence-electron chi connectivity index (χ3n) is 3.88. The van der Waals surface area contributed by atoms with Crippen LogP contribution in [-0.2, 0) is 16.8 Å². The van der Waals surface area contributed by atoms with Crippen molar-refractivity contribution in [1.82, 2.24) is 10.1 Å². The van der Waals surface area contributed by atoms with Crippen LogP contribution in [0.15, 0.2) is 28.8 Å². The van der Waals surface area contributed by atoms with E-state index in [2.05, 4.69) is 10.5 Å². The van der Waals surface area contributed by atoms with Crippen LogP contribution in [0.3, 0.4) is 0 Å². The molecule has 1 aromatic heterocycles. The third-order valence-corrected chi connectivity index (χ3v) is 3.88. The molecule has 2 rings (SSSR count). The zero-order valence-corrected chi connectivity index (χ0v) is 16.3. The summed E-state index contributed by atoms with van der Waals surface area (Å²) in [6.45, 7) is 6.84. The fourth-order valence-corrected chi connectivity index (χ4v) is 2.53. The minimum Gasteiger partial charge on any atom is -0.493 e. The van der Waals surface area contributed by atoms with Crippen molar-refractivity contribution in [3.05, 3.63) is 35.5 Å². The molecule has 7 heteroatoms. The molecular formula is C19H27N3O4. The second kappa shape index (κ2) is 8.23. The molecule has 0 unspecified atom stereocenters. The Kier molecular flexibility index (Phi) is 6.26. The lowest BCUT2D eigenvalue weighted by Crippen LogP contribution is -2.29. The molecule has 0 saturated heterocycles. The van der Waals surface area contributed by atoms with Crippen molar-refractivity contribution in [2.75, 3.05) is 33.1 Å².